The summed E-state index contributed by atoms with van der Waals surface area (Å²) in [6.45, 7) is 4.85. The maximum Gasteiger partial charge on any atom is 0.222 e. The van der Waals surface area contributed by atoms with Gasteiger partial charge in [-0.2, -0.15) is 0 Å². The summed E-state index contributed by atoms with van der Waals surface area (Å²) in [5.74, 6) is 0.886. The normalized spacial score (nSPS) is 18.8. The van der Waals surface area contributed by atoms with Crippen molar-refractivity contribution in [3.05, 3.63) is 0 Å². The lowest BCUT2D eigenvalue weighted by molar-refractivity contribution is -0.131. The van der Waals surface area contributed by atoms with Gasteiger partial charge in [0.05, 0.1) is 0 Å². The molecule has 0 aromatic carbocycles. The molecule has 1 aliphatic heterocycles. The summed E-state index contributed by atoms with van der Waals surface area (Å²) in [6.07, 6.45) is 8.92. The van der Waals surface area contributed by atoms with Crippen LogP contribution in [0.15, 0.2) is 0 Å². The number of nitrogens with two attached hydrogens (primary N) is 1. The third-order valence-corrected chi connectivity index (χ3v) is 3.76. The predicted octanol–water partition coefficient (Wildman–Crippen LogP) is 2.54. The van der Waals surface area contributed by atoms with Crippen LogP contribution in [0.4, 0.5) is 0 Å². The molecule has 0 aliphatic carbocycles. The van der Waals surface area contributed by atoms with E-state index in [4.69, 9.17) is 5.73 Å². The van der Waals surface area contributed by atoms with Gasteiger partial charge >= 0.3 is 0 Å². The molecule has 0 aromatic heterocycles. The largest absolute Gasteiger partial charge is 0.343 e. The van der Waals surface area contributed by atoms with Gasteiger partial charge in [-0.15, -0.1) is 0 Å². The molecule has 2 N–H and O–H groups in total. The Morgan fingerprint density at radius 3 is 2.35 bits per heavy atom. The molecule has 1 unspecified atom stereocenters. The molecule has 0 aromatic rings. The Labute approximate surface area is 106 Å². The fraction of sp³-hybridized carbons (Fsp3) is 0.929. The number of carbonyl (C=O) groups is 1. The first-order valence-corrected chi connectivity index (χ1v) is 7.25. The average Bonchev–Trinajstić information content (AvgIpc) is 2.62. The zero-order valence-electron chi connectivity index (χ0n) is 11.3. The number of hydrogen-bond donors (Lipinski definition) is 1. The summed E-state index contributed by atoms with van der Waals surface area (Å²) in [5, 5.41) is 0. The van der Waals surface area contributed by atoms with E-state index in [-0.39, 0.29) is 0 Å². The molecule has 0 saturated carbocycles. The summed E-state index contributed by atoms with van der Waals surface area (Å²) >= 11 is 0. The molecule has 1 rings (SSSR count). The van der Waals surface area contributed by atoms with Gasteiger partial charge in [0.2, 0.25) is 5.91 Å². The van der Waals surface area contributed by atoms with Gasteiger partial charge in [0.15, 0.2) is 0 Å². The highest BCUT2D eigenvalue weighted by atomic mass is 16.2. The Kier molecular flexibility index (Phi) is 7.25. The second-order valence-corrected chi connectivity index (χ2v) is 5.22. The lowest BCUT2D eigenvalue weighted by Gasteiger charge is -2.21. The van der Waals surface area contributed by atoms with Crippen molar-refractivity contribution in [3.63, 3.8) is 0 Å². The van der Waals surface area contributed by atoms with Crippen LogP contribution in [0.3, 0.4) is 0 Å². The zero-order chi connectivity index (χ0) is 12.5. The van der Waals surface area contributed by atoms with Crippen LogP contribution in [0.2, 0.25) is 0 Å². The maximum absolute atomic E-state index is 12.1. The molecule has 1 atom stereocenters. The number of rotatable bonds is 6. The molecule has 3 heteroatoms. The van der Waals surface area contributed by atoms with Gasteiger partial charge in [-0.05, 0) is 38.1 Å². The number of nitrogens with zero attached hydrogens (tertiary/aromatic N) is 1. The number of amides is 1. The quantitative estimate of drug-likeness (QED) is 0.775. The summed E-state index contributed by atoms with van der Waals surface area (Å²) in [7, 11) is 0. The maximum atomic E-state index is 12.1. The van der Waals surface area contributed by atoms with Gasteiger partial charge in [0, 0.05) is 19.5 Å². The summed E-state index contributed by atoms with van der Waals surface area (Å²) in [6, 6.07) is 0. The standard InChI is InChI=1S/C14H28N2O/c1-2-7-13(12-15)8-9-14(17)16-10-5-3-4-6-11-16/h13H,2-12,15H2,1H3. The highest BCUT2D eigenvalue weighted by Crippen LogP contribution is 2.15. The molecule has 1 heterocycles. The van der Waals surface area contributed by atoms with Crippen molar-refractivity contribution in [2.45, 2.75) is 58.3 Å². The minimum absolute atomic E-state index is 0.349. The summed E-state index contributed by atoms with van der Waals surface area (Å²) < 4.78 is 0. The monoisotopic (exact) mass is 240 g/mol. The number of carbonyl (C=O) groups excluding carboxylic acids is 1. The third-order valence-electron chi connectivity index (χ3n) is 3.76. The van der Waals surface area contributed by atoms with Crippen LogP contribution in [-0.2, 0) is 4.79 Å². The molecule has 3 nitrogen and oxygen atoms in total. The van der Waals surface area contributed by atoms with Crippen LogP contribution in [0.1, 0.15) is 58.3 Å². The summed E-state index contributed by atoms with van der Waals surface area (Å²) in [4.78, 5) is 14.1. The first kappa shape index (κ1) is 14.5. The average molecular weight is 240 g/mol. The second-order valence-electron chi connectivity index (χ2n) is 5.22. The minimum Gasteiger partial charge on any atom is -0.343 e. The summed E-state index contributed by atoms with van der Waals surface area (Å²) in [5.41, 5.74) is 5.72. The fourth-order valence-electron chi connectivity index (χ4n) is 2.59. The van der Waals surface area contributed by atoms with Gasteiger partial charge < -0.3 is 10.6 Å². The Hall–Kier alpha value is -0.570. The number of likely N-dealkylation sites (tertiary alicyclic amines) is 1. The lowest BCUT2D eigenvalue weighted by atomic mass is 9.98. The fourth-order valence-corrected chi connectivity index (χ4v) is 2.59. The minimum atomic E-state index is 0.349. The van der Waals surface area contributed by atoms with Crippen LogP contribution in [-0.4, -0.2) is 30.4 Å². The van der Waals surface area contributed by atoms with E-state index in [1.165, 1.54) is 32.1 Å². The van der Waals surface area contributed by atoms with Crippen molar-refractivity contribution < 1.29 is 4.79 Å². The van der Waals surface area contributed by atoms with E-state index in [2.05, 4.69) is 11.8 Å². The Bertz CT molecular complexity index is 210. The molecular formula is C14H28N2O. The first-order chi connectivity index (χ1) is 8.27. The number of hydrogen-bond acceptors (Lipinski definition) is 2. The molecule has 1 fully saturated rings. The van der Waals surface area contributed by atoms with Gasteiger partial charge in [0.1, 0.15) is 0 Å². The van der Waals surface area contributed by atoms with Crippen molar-refractivity contribution in [1.29, 1.82) is 0 Å². The Balaban J connectivity index is 2.26. The van der Waals surface area contributed by atoms with E-state index in [0.717, 1.165) is 32.5 Å². The van der Waals surface area contributed by atoms with Crippen LogP contribution < -0.4 is 5.73 Å². The van der Waals surface area contributed by atoms with Crippen molar-refractivity contribution in [3.8, 4) is 0 Å². The van der Waals surface area contributed by atoms with E-state index in [9.17, 15) is 4.79 Å². The van der Waals surface area contributed by atoms with Gasteiger partial charge in [0.25, 0.3) is 0 Å². The van der Waals surface area contributed by atoms with Crippen molar-refractivity contribution in [2.75, 3.05) is 19.6 Å². The smallest absolute Gasteiger partial charge is 0.222 e. The van der Waals surface area contributed by atoms with Crippen molar-refractivity contribution in [2.24, 2.45) is 11.7 Å². The van der Waals surface area contributed by atoms with Crippen LogP contribution in [0, 0.1) is 5.92 Å². The molecule has 0 spiro atoms. The van der Waals surface area contributed by atoms with E-state index in [1.807, 2.05) is 0 Å². The molecule has 1 aliphatic rings. The van der Waals surface area contributed by atoms with E-state index in [0.29, 0.717) is 18.2 Å². The molecule has 0 bridgehead atoms. The van der Waals surface area contributed by atoms with Crippen LogP contribution in [0.5, 0.6) is 0 Å². The van der Waals surface area contributed by atoms with E-state index in [1.54, 1.807) is 0 Å². The molecule has 0 radical (unpaired) electrons. The van der Waals surface area contributed by atoms with E-state index >= 15 is 0 Å². The lowest BCUT2D eigenvalue weighted by Crippen LogP contribution is -2.32. The molecular weight excluding hydrogens is 212 g/mol. The van der Waals surface area contributed by atoms with Crippen LogP contribution in [0.25, 0.3) is 0 Å². The van der Waals surface area contributed by atoms with Gasteiger partial charge in [-0.1, -0.05) is 26.2 Å². The molecule has 100 valence electrons. The second kappa shape index (κ2) is 8.51. The van der Waals surface area contributed by atoms with Gasteiger partial charge in [-0.25, -0.2) is 0 Å². The Morgan fingerprint density at radius 1 is 1.18 bits per heavy atom. The van der Waals surface area contributed by atoms with Crippen LogP contribution >= 0.6 is 0 Å². The molecule has 17 heavy (non-hydrogen) atoms. The topological polar surface area (TPSA) is 46.3 Å². The van der Waals surface area contributed by atoms with Crippen molar-refractivity contribution in [1.82, 2.24) is 4.90 Å². The first-order valence-electron chi connectivity index (χ1n) is 7.25. The molecule has 1 amide bonds. The molecule has 1 saturated heterocycles. The predicted molar refractivity (Wildman–Crippen MR) is 71.7 cm³/mol. The zero-order valence-corrected chi connectivity index (χ0v) is 11.3. The SMILES string of the molecule is CCCC(CN)CCC(=O)N1CCCCCC1. The van der Waals surface area contributed by atoms with Crippen molar-refractivity contribution >= 4 is 5.91 Å². The Morgan fingerprint density at radius 2 is 1.82 bits per heavy atom. The highest BCUT2D eigenvalue weighted by molar-refractivity contribution is 5.76. The third kappa shape index (κ3) is 5.53. The van der Waals surface area contributed by atoms with Gasteiger partial charge in [-0.3, -0.25) is 4.79 Å². The highest BCUT2D eigenvalue weighted by Gasteiger charge is 2.16. The van der Waals surface area contributed by atoms with E-state index < -0.39 is 0 Å².